The highest BCUT2D eigenvalue weighted by Crippen LogP contribution is 2.47. The molecule has 336 valence electrons. The van der Waals surface area contributed by atoms with Crippen molar-refractivity contribution >= 4 is 19.8 Å². The van der Waals surface area contributed by atoms with Crippen molar-refractivity contribution in [2.45, 2.75) is 236 Å². The van der Waals surface area contributed by atoms with Gasteiger partial charge in [0.1, 0.15) is 43.2 Å². The first-order valence-corrected chi connectivity index (χ1v) is 24.0. The van der Waals surface area contributed by atoms with E-state index in [2.05, 4.69) is 26.0 Å². The molecule has 0 bridgehead atoms. The Morgan fingerprint density at radius 3 is 1.33 bits per heavy atom. The van der Waals surface area contributed by atoms with E-state index in [1.165, 1.54) is 96.3 Å². The van der Waals surface area contributed by atoms with E-state index in [4.69, 9.17) is 18.5 Å². The molecule has 0 aromatic carbocycles. The van der Waals surface area contributed by atoms with Crippen molar-refractivity contribution in [3.63, 3.8) is 0 Å². The van der Waals surface area contributed by atoms with Gasteiger partial charge in [-0.05, 0) is 38.5 Å². The van der Waals surface area contributed by atoms with Crippen LogP contribution in [0.3, 0.4) is 0 Å². The zero-order chi connectivity index (χ0) is 42.2. The summed E-state index contributed by atoms with van der Waals surface area (Å²) in [5, 5.41) is 50.1. The van der Waals surface area contributed by atoms with E-state index in [0.29, 0.717) is 12.8 Å². The number of ether oxygens (including phenoxy) is 2. The molecule has 14 heteroatoms. The molecule has 57 heavy (non-hydrogen) atoms. The Bertz CT molecular complexity index is 1060. The maximum atomic E-state index is 12.8. The molecule has 1 saturated carbocycles. The highest BCUT2D eigenvalue weighted by atomic mass is 31.2. The number of aliphatic hydroxyl groups excluding tert-OH is 5. The van der Waals surface area contributed by atoms with Gasteiger partial charge in [-0.1, -0.05) is 154 Å². The summed E-state index contributed by atoms with van der Waals surface area (Å²) in [6.45, 7) is 3.29. The number of phosphoric acid groups is 1. The van der Waals surface area contributed by atoms with Crippen LogP contribution in [0.15, 0.2) is 12.2 Å². The smallest absolute Gasteiger partial charge is 0.462 e. The van der Waals surface area contributed by atoms with Crippen molar-refractivity contribution < 1.29 is 63.1 Å². The highest BCUT2D eigenvalue weighted by molar-refractivity contribution is 7.47. The molecule has 1 aliphatic carbocycles. The van der Waals surface area contributed by atoms with E-state index in [9.17, 15) is 44.6 Å². The van der Waals surface area contributed by atoms with Crippen LogP contribution in [0.4, 0.5) is 0 Å². The van der Waals surface area contributed by atoms with Crippen LogP contribution in [0.25, 0.3) is 0 Å². The number of carbonyl (C=O) groups excluding carboxylic acids is 2. The lowest BCUT2D eigenvalue weighted by Gasteiger charge is -2.41. The molecule has 1 fully saturated rings. The minimum Gasteiger partial charge on any atom is -0.462 e. The number of rotatable bonds is 37. The van der Waals surface area contributed by atoms with Crippen molar-refractivity contribution in [3.8, 4) is 0 Å². The second-order valence-electron chi connectivity index (χ2n) is 15.9. The Kier molecular flexibility index (Phi) is 32.3. The van der Waals surface area contributed by atoms with Crippen LogP contribution in [0.5, 0.6) is 0 Å². The van der Waals surface area contributed by atoms with E-state index in [0.717, 1.165) is 57.8 Å². The van der Waals surface area contributed by atoms with Crippen molar-refractivity contribution in [2.75, 3.05) is 13.2 Å². The van der Waals surface area contributed by atoms with Crippen molar-refractivity contribution in [3.05, 3.63) is 12.2 Å². The molecule has 1 rings (SSSR count). The lowest BCUT2D eigenvalue weighted by Crippen LogP contribution is -2.64. The summed E-state index contributed by atoms with van der Waals surface area (Å²) in [5.41, 5.74) is 0. The topological polar surface area (TPSA) is 210 Å². The van der Waals surface area contributed by atoms with Crippen LogP contribution in [-0.2, 0) is 32.7 Å². The van der Waals surface area contributed by atoms with Gasteiger partial charge in [-0.25, -0.2) is 4.57 Å². The summed E-state index contributed by atoms with van der Waals surface area (Å²) in [6, 6.07) is 0. The first-order chi connectivity index (χ1) is 27.4. The van der Waals surface area contributed by atoms with Gasteiger partial charge in [0, 0.05) is 12.8 Å². The van der Waals surface area contributed by atoms with E-state index in [1.54, 1.807) is 0 Å². The molecular weight excluding hydrogens is 755 g/mol. The molecule has 0 saturated heterocycles. The minimum absolute atomic E-state index is 0.0907. The monoisotopic (exact) mass is 837 g/mol. The summed E-state index contributed by atoms with van der Waals surface area (Å²) < 4.78 is 33.5. The van der Waals surface area contributed by atoms with E-state index in [-0.39, 0.29) is 12.8 Å². The van der Waals surface area contributed by atoms with E-state index in [1.807, 2.05) is 0 Å². The van der Waals surface area contributed by atoms with Crippen molar-refractivity contribution in [1.82, 2.24) is 0 Å². The molecule has 13 nitrogen and oxygen atoms in total. The molecule has 0 heterocycles. The minimum atomic E-state index is -5.11. The molecule has 0 radical (unpaired) electrons. The molecule has 0 spiro atoms. The fourth-order valence-electron chi connectivity index (χ4n) is 6.93. The summed E-state index contributed by atoms with van der Waals surface area (Å²) in [7, 11) is -5.11. The van der Waals surface area contributed by atoms with E-state index >= 15 is 0 Å². The summed E-state index contributed by atoms with van der Waals surface area (Å²) in [4.78, 5) is 35.6. The normalized spacial score (nSPS) is 22.7. The number of aliphatic hydroxyl groups is 5. The zero-order valence-corrected chi connectivity index (χ0v) is 36.3. The lowest BCUT2D eigenvalue weighted by molar-refractivity contribution is -0.220. The highest BCUT2D eigenvalue weighted by Gasteiger charge is 2.51. The average Bonchev–Trinajstić information content (AvgIpc) is 3.19. The Morgan fingerprint density at radius 2 is 0.895 bits per heavy atom. The molecule has 6 N–H and O–H groups in total. The Morgan fingerprint density at radius 1 is 0.526 bits per heavy atom. The lowest BCUT2D eigenvalue weighted by atomic mass is 9.85. The van der Waals surface area contributed by atoms with Crippen LogP contribution in [-0.4, -0.2) is 98.3 Å². The molecule has 3 unspecified atom stereocenters. The summed E-state index contributed by atoms with van der Waals surface area (Å²) >= 11 is 0. The molecule has 0 aliphatic heterocycles. The number of phosphoric ester groups is 1. The van der Waals surface area contributed by atoms with Gasteiger partial charge in [-0.2, -0.15) is 0 Å². The van der Waals surface area contributed by atoms with Gasteiger partial charge in [-0.15, -0.1) is 0 Å². The number of unbranched alkanes of at least 4 members (excludes halogenated alkanes) is 23. The van der Waals surface area contributed by atoms with Crippen LogP contribution >= 0.6 is 7.82 Å². The average molecular weight is 837 g/mol. The van der Waals surface area contributed by atoms with E-state index < -0.39 is 75.7 Å². The van der Waals surface area contributed by atoms with Crippen LogP contribution in [0.1, 0.15) is 194 Å². The number of esters is 2. The molecule has 1 aliphatic rings. The SMILES string of the molecule is CCCCCCCC/C=C/CCCCCCCC(=O)O[C@@H](COC(=O)CCCCCCCCCCCCCCC)COP(=O)(O)OC1[C@@H](O)[C@H](O)C(O)[C@H](O)[C@H]1O. The van der Waals surface area contributed by atoms with Gasteiger partial charge < -0.3 is 39.9 Å². The molecule has 0 amide bonds. The maximum absolute atomic E-state index is 12.8. The fraction of sp³-hybridized carbons (Fsp3) is 0.907. The Balaban J connectivity index is 2.48. The predicted molar refractivity (Wildman–Crippen MR) is 221 cm³/mol. The standard InChI is InChI=1S/C43H81O13P/c1-3-5-7-9-11-13-15-17-18-20-22-24-26-28-30-32-37(45)55-35(34-54-57(51,52)56-43-41(49)39(47)38(46)40(48)42(43)50)33-53-36(44)31-29-27-25-23-21-19-16-14-12-10-8-6-4-2/h17-18,35,38-43,46-50H,3-16,19-34H2,1-2H3,(H,51,52)/b18-17+/t35-,38?,39-,40+,41+,42-,43?/m0/s1. The van der Waals surface area contributed by atoms with Gasteiger partial charge >= 0.3 is 19.8 Å². The van der Waals surface area contributed by atoms with Crippen LogP contribution in [0.2, 0.25) is 0 Å². The summed E-state index contributed by atoms with van der Waals surface area (Å²) in [6.07, 6.45) is 21.2. The zero-order valence-electron chi connectivity index (χ0n) is 35.4. The van der Waals surface area contributed by atoms with Gasteiger partial charge in [0.25, 0.3) is 0 Å². The predicted octanol–water partition coefficient (Wildman–Crippen LogP) is 8.28. The number of hydrogen-bond acceptors (Lipinski definition) is 12. The van der Waals surface area contributed by atoms with Gasteiger partial charge in [-0.3, -0.25) is 18.6 Å². The third kappa shape index (κ3) is 27.1. The molecular formula is C43H81O13P. The fourth-order valence-corrected chi connectivity index (χ4v) is 7.90. The number of allylic oxidation sites excluding steroid dienone is 2. The third-order valence-electron chi connectivity index (χ3n) is 10.6. The van der Waals surface area contributed by atoms with Crippen LogP contribution < -0.4 is 0 Å². The Hall–Kier alpha value is -1.41. The molecule has 0 aromatic rings. The first-order valence-electron chi connectivity index (χ1n) is 22.5. The maximum Gasteiger partial charge on any atom is 0.472 e. The number of carbonyl (C=O) groups is 2. The Labute approximate surface area is 343 Å². The summed E-state index contributed by atoms with van der Waals surface area (Å²) in [5.74, 6) is -1.10. The first kappa shape index (κ1) is 53.6. The van der Waals surface area contributed by atoms with Crippen molar-refractivity contribution in [1.29, 1.82) is 0 Å². The second-order valence-corrected chi connectivity index (χ2v) is 17.3. The van der Waals surface area contributed by atoms with Crippen molar-refractivity contribution in [2.24, 2.45) is 0 Å². The molecule has 0 aromatic heterocycles. The number of hydrogen-bond donors (Lipinski definition) is 6. The third-order valence-corrected chi connectivity index (χ3v) is 11.6. The van der Waals surface area contributed by atoms with Gasteiger partial charge in [0.2, 0.25) is 0 Å². The quantitative estimate of drug-likeness (QED) is 0.0151. The second kappa shape index (κ2) is 34.3. The van der Waals surface area contributed by atoms with Crippen LogP contribution in [0, 0.1) is 0 Å². The largest absolute Gasteiger partial charge is 0.472 e. The molecule has 8 atom stereocenters. The van der Waals surface area contributed by atoms with Gasteiger partial charge in [0.05, 0.1) is 6.61 Å². The van der Waals surface area contributed by atoms with Gasteiger partial charge in [0.15, 0.2) is 6.10 Å².